The van der Waals surface area contributed by atoms with Gasteiger partial charge in [-0.15, -0.1) is 23.4 Å². The van der Waals surface area contributed by atoms with Gasteiger partial charge in [0.2, 0.25) is 0 Å². The van der Waals surface area contributed by atoms with E-state index in [1.165, 1.54) is 24.3 Å². The third-order valence-corrected chi connectivity index (χ3v) is 4.18. The number of ether oxygens (including phenoxy) is 1. The van der Waals surface area contributed by atoms with Crippen LogP contribution in [0, 0.1) is 3.70 Å². The second-order valence-corrected chi connectivity index (χ2v) is 6.68. The summed E-state index contributed by atoms with van der Waals surface area (Å²) < 4.78 is 79.5. The number of hydrogen-bond acceptors (Lipinski definition) is 3. The van der Waals surface area contributed by atoms with Gasteiger partial charge in [-0.25, -0.2) is 0 Å². The van der Waals surface area contributed by atoms with Crippen LogP contribution < -0.4 is 4.74 Å². The molecule has 3 rings (SSSR count). The highest BCUT2D eigenvalue weighted by molar-refractivity contribution is 14.1. The van der Waals surface area contributed by atoms with E-state index in [0.717, 1.165) is 24.3 Å². The molecule has 10 heteroatoms. The van der Waals surface area contributed by atoms with E-state index in [-0.39, 0.29) is 0 Å². The lowest BCUT2D eigenvalue weighted by Crippen LogP contribution is -2.16. The molecule has 3 nitrogen and oxygen atoms in total. The standard InChI is InChI=1S/C18H9F6IN2O/c19-17(20,21)12-5-1-10(2-6-12)14-9-15(25)26-27-16(14)11-3-7-13(8-4-11)28-18(22,23)24/h1-9H. The fourth-order valence-corrected chi connectivity index (χ4v) is 2.87. The molecule has 28 heavy (non-hydrogen) atoms. The van der Waals surface area contributed by atoms with Crippen LogP contribution in [0.25, 0.3) is 22.4 Å². The highest BCUT2D eigenvalue weighted by atomic mass is 127. The molecule has 0 bridgehead atoms. The van der Waals surface area contributed by atoms with Crippen molar-refractivity contribution in [2.24, 2.45) is 0 Å². The zero-order valence-electron chi connectivity index (χ0n) is 13.6. The molecule has 0 amide bonds. The first kappa shape index (κ1) is 20.4. The lowest BCUT2D eigenvalue weighted by atomic mass is 9.99. The second-order valence-electron chi connectivity index (χ2n) is 5.58. The molecule has 0 spiro atoms. The zero-order valence-corrected chi connectivity index (χ0v) is 15.8. The maximum absolute atomic E-state index is 12.8. The van der Waals surface area contributed by atoms with Crippen LogP contribution in [0.2, 0.25) is 0 Å². The van der Waals surface area contributed by atoms with Gasteiger partial charge in [0, 0.05) is 11.1 Å². The van der Waals surface area contributed by atoms with Crippen LogP contribution in [0.3, 0.4) is 0 Å². The van der Waals surface area contributed by atoms with Crippen molar-refractivity contribution in [1.82, 2.24) is 10.2 Å². The summed E-state index contributed by atoms with van der Waals surface area (Å²) in [7, 11) is 0. The van der Waals surface area contributed by atoms with E-state index in [4.69, 9.17) is 0 Å². The Labute approximate surface area is 168 Å². The van der Waals surface area contributed by atoms with Gasteiger partial charge < -0.3 is 4.74 Å². The normalized spacial score (nSPS) is 12.1. The number of nitrogens with zero attached hydrogens (tertiary/aromatic N) is 2. The average molecular weight is 510 g/mol. The van der Waals surface area contributed by atoms with Crippen molar-refractivity contribution in [1.29, 1.82) is 0 Å². The summed E-state index contributed by atoms with van der Waals surface area (Å²) in [4.78, 5) is 0. The molecule has 0 aliphatic carbocycles. The minimum Gasteiger partial charge on any atom is -0.406 e. The Hall–Kier alpha value is -2.37. The Balaban J connectivity index is 2.00. The van der Waals surface area contributed by atoms with Crippen molar-refractivity contribution < 1.29 is 31.1 Å². The van der Waals surface area contributed by atoms with E-state index in [1.54, 1.807) is 6.07 Å². The summed E-state index contributed by atoms with van der Waals surface area (Å²) in [6.45, 7) is 0. The maximum Gasteiger partial charge on any atom is 0.573 e. The van der Waals surface area contributed by atoms with Crippen LogP contribution in [-0.2, 0) is 6.18 Å². The third kappa shape index (κ3) is 4.91. The Morgan fingerprint density at radius 1 is 0.750 bits per heavy atom. The van der Waals surface area contributed by atoms with Gasteiger partial charge in [0.05, 0.1) is 5.56 Å². The third-order valence-electron chi connectivity index (χ3n) is 3.65. The number of aromatic nitrogens is 2. The Morgan fingerprint density at radius 3 is 1.86 bits per heavy atom. The molecule has 0 saturated heterocycles. The van der Waals surface area contributed by atoms with E-state index in [9.17, 15) is 26.3 Å². The molecular formula is C18H9F6IN2O. The molecule has 0 fully saturated rings. The molecule has 0 unspecified atom stereocenters. The van der Waals surface area contributed by atoms with Crippen LogP contribution in [0.5, 0.6) is 5.75 Å². The van der Waals surface area contributed by atoms with Gasteiger partial charge in [0.1, 0.15) is 15.1 Å². The predicted molar refractivity (Wildman–Crippen MR) is 97.3 cm³/mol. The van der Waals surface area contributed by atoms with Crippen LogP contribution in [0.4, 0.5) is 26.3 Å². The van der Waals surface area contributed by atoms with Gasteiger partial charge in [-0.3, -0.25) is 0 Å². The molecule has 2 aromatic carbocycles. The van der Waals surface area contributed by atoms with Gasteiger partial charge in [0.25, 0.3) is 0 Å². The van der Waals surface area contributed by atoms with Crippen molar-refractivity contribution in [3.05, 3.63) is 63.9 Å². The van der Waals surface area contributed by atoms with Gasteiger partial charge in [-0.2, -0.15) is 13.2 Å². The quantitative estimate of drug-likeness (QED) is 0.305. The Kier molecular flexibility index (Phi) is 5.50. The molecule has 0 atom stereocenters. The molecule has 1 heterocycles. The monoisotopic (exact) mass is 510 g/mol. The highest BCUT2D eigenvalue weighted by Gasteiger charge is 2.31. The number of alkyl halides is 6. The summed E-state index contributed by atoms with van der Waals surface area (Å²) >= 11 is 1.91. The fraction of sp³-hybridized carbons (Fsp3) is 0.111. The second kappa shape index (κ2) is 7.57. The van der Waals surface area contributed by atoms with E-state index >= 15 is 0 Å². The molecule has 3 aromatic rings. The SMILES string of the molecule is FC(F)(F)Oc1ccc(-c2nnc(I)cc2-c2ccc(C(F)(F)F)cc2)cc1. The topological polar surface area (TPSA) is 35.0 Å². The first-order valence-corrected chi connectivity index (χ1v) is 8.68. The Bertz CT molecular complexity index is 969. The number of benzene rings is 2. The molecule has 146 valence electrons. The first-order chi connectivity index (χ1) is 13.0. The summed E-state index contributed by atoms with van der Waals surface area (Å²) in [6.07, 6.45) is -9.27. The first-order valence-electron chi connectivity index (χ1n) is 7.60. The van der Waals surface area contributed by atoms with Crippen LogP contribution in [0.1, 0.15) is 5.56 Å². The average Bonchev–Trinajstić information content (AvgIpc) is 2.60. The number of rotatable bonds is 3. The van der Waals surface area contributed by atoms with Gasteiger partial charge in [-0.1, -0.05) is 12.1 Å². The van der Waals surface area contributed by atoms with Crippen molar-refractivity contribution in [2.75, 3.05) is 0 Å². The van der Waals surface area contributed by atoms with E-state index < -0.39 is 23.9 Å². The van der Waals surface area contributed by atoms with Crippen LogP contribution >= 0.6 is 22.6 Å². The molecule has 0 radical (unpaired) electrons. The van der Waals surface area contributed by atoms with E-state index in [1.807, 2.05) is 22.6 Å². The number of hydrogen-bond donors (Lipinski definition) is 0. The van der Waals surface area contributed by atoms with Crippen LogP contribution in [-0.4, -0.2) is 16.6 Å². The van der Waals surface area contributed by atoms with Crippen molar-refractivity contribution in [2.45, 2.75) is 12.5 Å². The molecule has 0 aliphatic rings. The Morgan fingerprint density at radius 2 is 1.32 bits per heavy atom. The summed E-state index contributed by atoms with van der Waals surface area (Å²) in [5.74, 6) is -0.397. The van der Waals surface area contributed by atoms with Crippen molar-refractivity contribution >= 4 is 22.6 Å². The zero-order chi connectivity index (χ0) is 20.5. The van der Waals surface area contributed by atoms with Crippen molar-refractivity contribution in [3.8, 4) is 28.1 Å². The molecular weight excluding hydrogens is 501 g/mol. The smallest absolute Gasteiger partial charge is 0.406 e. The lowest BCUT2D eigenvalue weighted by Gasteiger charge is -2.12. The summed E-state index contributed by atoms with van der Waals surface area (Å²) in [5, 5.41) is 7.98. The van der Waals surface area contributed by atoms with E-state index in [0.29, 0.717) is 26.1 Å². The van der Waals surface area contributed by atoms with Crippen LogP contribution in [0.15, 0.2) is 54.6 Å². The molecule has 0 saturated carbocycles. The largest absolute Gasteiger partial charge is 0.573 e. The fourth-order valence-electron chi connectivity index (χ4n) is 2.45. The molecule has 0 aliphatic heterocycles. The number of halogens is 7. The predicted octanol–water partition coefficient (Wildman–Crippen LogP) is 6.33. The highest BCUT2D eigenvalue weighted by Crippen LogP contribution is 2.35. The summed E-state index contributed by atoms with van der Waals surface area (Å²) in [5.41, 5.74) is 0.930. The van der Waals surface area contributed by atoms with Gasteiger partial charge >= 0.3 is 12.5 Å². The maximum atomic E-state index is 12.8. The lowest BCUT2D eigenvalue weighted by molar-refractivity contribution is -0.274. The van der Waals surface area contributed by atoms with Gasteiger partial charge in [0.15, 0.2) is 0 Å². The minimum absolute atomic E-state index is 0.318. The van der Waals surface area contributed by atoms with E-state index in [2.05, 4.69) is 14.9 Å². The molecule has 1 aromatic heterocycles. The van der Waals surface area contributed by atoms with Gasteiger partial charge in [-0.05, 0) is 70.6 Å². The molecule has 0 N–H and O–H groups in total. The summed E-state index contributed by atoms with van der Waals surface area (Å²) in [6, 6.07) is 11.1. The van der Waals surface area contributed by atoms with Crippen molar-refractivity contribution in [3.63, 3.8) is 0 Å². The minimum atomic E-state index is -4.81.